The van der Waals surface area contributed by atoms with Crippen LogP contribution in [0.15, 0.2) is 65.3 Å². The normalized spacial score (nSPS) is 13.9. The van der Waals surface area contributed by atoms with Crippen LogP contribution in [0.4, 0.5) is 0 Å². The van der Waals surface area contributed by atoms with E-state index in [0.29, 0.717) is 10.0 Å². The number of rotatable bonds is 4. The molecule has 30 heavy (non-hydrogen) atoms. The van der Waals surface area contributed by atoms with Crippen molar-refractivity contribution in [2.45, 2.75) is 19.5 Å². The lowest BCUT2D eigenvalue weighted by atomic mass is 10.1. The molecule has 3 heterocycles. The lowest BCUT2D eigenvalue weighted by Crippen LogP contribution is -2.31. The molecule has 1 aliphatic heterocycles. The van der Waals surface area contributed by atoms with Gasteiger partial charge in [0.25, 0.3) is 0 Å². The van der Waals surface area contributed by atoms with Gasteiger partial charge in [-0.2, -0.15) is 0 Å². The molecule has 0 N–H and O–H groups in total. The summed E-state index contributed by atoms with van der Waals surface area (Å²) < 4.78 is 5.52. The molecule has 0 spiro atoms. The zero-order valence-electron chi connectivity index (χ0n) is 16.1. The van der Waals surface area contributed by atoms with Gasteiger partial charge in [-0.3, -0.25) is 4.90 Å². The molecule has 5 nitrogen and oxygen atoms in total. The SMILES string of the molecule is Clc1ccc(-c2ncc3c(n2)CCN(Cc2cc(-c4ccc(Cl)cc4)on2)C3)cc1. The van der Waals surface area contributed by atoms with Crippen LogP contribution in [0.25, 0.3) is 22.7 Å². The molecule has 0 saturated carbocycles. The summed E-state index contributed by atoms with van der Waals surface area (Å²) in [6, 6.07) is 17.1. The smallest absolute Gasteiger partial charge is 0.167 e. The maximum Gasteiger partial charge on any atom is 0.167 e. The predicted octanol–water partition coefficient (Wildman–Crippen LogP) is 5.66. The van der Waals surface area contributed by atoms with Crippen molar-refractivity contribution in [3.8, 4) is 22.7 Å². The number of aromatic nitrogens is 3. The predicted molar refractivity (Wildman–Crippen MR) is 117 cm³/mol. The Labute approximate surface area is 184 Å². The van der Waals surface area contributed by atoms with Gasteiger partial charge < -0.3 is 4.52 Å². The van der Waals surface area contributed by atoms with Gasteiger partial charge in [-0.05, 0) is 48.5 Å². The van der Waals surface area contributed by atoms with E-state index in [9.17, 15) is 0 Å². The highest BCUT2D eigenvalue weighted by molar-refractivity contribution is 6.30. The van der Waals surface area contributed by atoms with Gasteiger partial charge in [0.05, 0.1) is 11.4 Å². The van der Waals surface area contributed by atoms with Gasteiger partial charge in [0, 0.05) is 65.1 Å². The summed E-state index contributed by atoms with van der Waals surface area (Å²) in [7, 11) is 0. The van der Waals surface area contributed by atoms with E-state index in [0.717, 1.165) is 65.7 Å². The van der Waals surface area contributed by atoms with Crippen LogP contribution in [-0.4, -0.2) is 26.6 Å². The summed E-state index contributed by atoms with van der Waals surface area (Å²) >= 11 is 11.9. The second-order valence-electron chi connectivity index (χ2n) is 7.32. The van der Waals surface area contributed by atoms with E-state index >= 15 is 0 Å². The monoisotopic (exact) mass is 436 g/mol. The molecule has 2 aromatic carbocycles. The second-order valence-corrected chi connectivity index (χ2v) is 8.20. The molecule has 0 unspecified atom stereocenters. The Hall–Kier alpha value is -2.73. The van der Waals surface area contributed by atoms with Crippen molar-refractivity contribution >= 4 is 23.2 Å². The van der Waals surface area contributed by atoms with E-state index in [2.05, 4.69) is 15.0 Å². The van der Waals surface area contributed by atoms with Crippen molar-refractivity contribution in [2.24, 2.45) is 0 Å². The Bertz CT molecular complexity index is 1170. The average Bonchev–Trinajstić information content (AvgIpc) is 3.23. The topological polar surface area (TPSA) is 55.1 Å². The van der Waals surface area contributed by atoms with Crippen molar-refractivity contribution in [3.63, 3.8) is 0 Å². The van der Waals surface area contributed by atoms with E-state index in [1.165, 1.54) is 0 Å². The molecule has 0 fully saturated rings. The van der Waals surface area contributed by atoms with Crippen molar-refractivity contribution in [3.05, 3.63) is 87.8 Å². The van der Waals surface area contributed by atoms with Gasteiger partial charge in [-0.25, -0.2) is 9.97 Å². The summed E-state index contributed by atoms with van der Waals surface area (Å²) in [4.78, 5) is 11.7. The maximum atomic E-state index is 5.98. The molecule has 0 saturated heterocycles. The minimum atomic E-state index is 0.701. The van der Waals surface area contributed by atoms with Crippen LogP contribution in [0.1, 0.15) is 17.0 Å². The van der Waals surface area contributed by atoms with Crippen LogP contribution < -0.4 is 0 Å². The summed E-state index contributed by atoms with van der Waals surface area (Å²) in [5.74, 6) is 1.48. The van der Waals surface area contributed by atoms with Crippen LogP contribution in [0, 0.1) is 0 Å². The largest absolute Gasteiger partial charge is 0.356 e. The van der Waals surface area contributed by atoms with Crippen LogP contribution in [0.5, 0.6) is 0 Å². The number of benzene rings is 2. The molecule has 0 amide bonds. The average molecular weight is 437 g/mol. The van der Waals surface area contributed by atoms with Crippen LogP contribution in [0.2, 0.25) is 10.0 Å². The summed E-state index contributed by atoms with van der Waals surface area (Å²) in [6.45, 7) is 2.42. The Morgan fingerprint density at radius 2 is 1.63 bits per heavy atom. The molecule has 0 radical (unpaired) electrons. The zero-order valence-corrected chi connectivity index (χ0v) is 17.6. The molecule has 4 aromatic rings. The summed E-state index contributed by atoms with van der Waals surface area (Å²) in [5, 5.41) is 5.64. The molecule has 0 bridgehead atoms. The third-order valence-corrected chi connectivity index (χ3v) is 5.69. The molecular formula is C23H18Cl2N4O. The fraction of sp³-hybridized carbons (Fsp3) is 0.174. The van der Waals surface area contributed by atoms with Gasteiger partial charge in [-0.15, -0.1) is 0 Å². The van der Waals surface area contributed by atoms with Gasteiger partial charge >= 0.3 is 0 Å². The molecule has 0 aliphatic carbocycles. The van der Waals surface area contributed by atoms with E-state index in [1.54, 1.807) is 0 Å². The Balaban J connectivity index is 1.28. The fourth-order valence-corrected chi connectivity index (χ4v) is 3.87. The second kappa shape index (κ2) is 8.19. The first-order chi connectivity index (χ1) is 14.6. The molecular weight excluding hydrogens is 419 g/mol. The van der Waals surface area contributed by atoms with Gasteiger partial charge in [0.15, 0.2) is 11.6 Å². The molecule has 2 aromatic heterocycles. The quantitative estimate of drug-likeness (QED) is 0.412. The van der Waals surface area contributed by atoms with E-state index in [1.807, 2.05) is 60.8 Å². The number of hydrogen-bond acceptors (Lipinski definition) is 5. The minimum absolute atomic E-state index is 0.701. The van der Waals surface area contributed by atoms with Gasteiger partial charge in [0.1, 0.15) is 0 Å². The van der Waals surface area contributed by atoms with E-state index in [4.69, 9.17) is 32.7 Å². The number of nitrogens with zero attached hydrogens (tertiary/aromatic N) is 4. The van der Waals surface area contributed by atoms with E-state index < -0.39 is 0 Å². The summed E-state index contributed by atoms with van der Waals surface area (Å²) in [6.07, 6.45) is 2.81. The summed E-state index contributed by atoms with van der Waals surface area (Å²) in [5.41, 5.74) is 5.10. The third-order valence-electron chi connectivity index (χ3n) is 5.19. The van der Waals surface area contributed by atoms with Crippen LogP contribution in [0.3, 0.4) is 0 Å². The minimum Gasteiger partial charge on any atom is -0.356 e. The molecule has 1 aliphatic rings. The van der Waals surface area contributed by atoms with Gasteiger partial charge in [-0.1, -0.05) is 28.4 Å². The molecule has 150 valence electrons. The zero-order chi connectivity index (χ0) is 20.5. The van der Waals surface area contributed by atoms with Crippen molar-refractivity contribution in [1.29, 1.82) is 0 Å². The number of hydrogen-bond donors (Lipinski definition) is 0. The lowest BCUT2D eigenvalue weighted by Gasteiger charge is -2.27. The van der Waals surface area contributed by atoms with Crippen molar-refractivity contribution < 1.29 is 4.52 Å². The van der Waals surface area contributed by atoms with Crippen LogP contribution in [-0.2, 0) is 19.5 Å². The first-order valence-electron chi connectivity index (χ1n) is 9.69. The Morgan fingerprint density at radius 1 is 0.933 bits per heavy atom. The Kier molecular flexibility index (Phi) is 5.25. The maximum absolute atomic E-state index is 5.98. The van der Waals surface area contributed by atoms with E-state index in [-0.39, 0.29) is 0 Å². The molecule has 7 heteroatoms. The standard InChI is InChI=1S/C23H18Cl2N4O/c24-18-5-1-15(2-6-18)22-11-20(28-30-22)14-29-10-9-21-17(13-29)12-26-23(27-21)16-3-7-19(25)8-4-16/h1-8,11-12H,9-10,13-14H2. The highest BCUT2D eigenvalue weighted by Crippen LogP contribution is 2.25. The molecule has 5 rings (SSSR count). The highest BCUT2D eigenvalue weighted by Gasteiger charge is 2.20. The number of fused-ring (bicyclic) bond motifs is 1. The van der Waals surface area contributed by atoms with Crippen molar-refractivity contribution in [1.82, 2.24) is 20.0 Å². The first-order valence-corrected chi connectivity index (χ1v) is 10.4. The Morgan fingerprint density at radius 3 is 2.37 bits per heavy atom. The first kappa shape index (κ1) is 19.2. The number of halogens is 2. The van der Waals surface area contributed by atoms with Crippen LogP contribution >= 0.6 is 23.2 Å². The third kappa shape index (κ3) is 4.10. The fourth-order valence-electron chi connectivity index (χ4n) is 3.61. The lowest BCUT2D eigenvalue weighted by molar-refractivity contribution is 0.235. The van der Waals surface area contributed by atoms with Gasteiger partial charge in [0.2, 0.25) is 0 Å². The van der Waals surface area contributed by atoms with Crippen molar-refractivity contribution in [2.75, 3.05) is 6.54 Å². The highest BCUT2D eigenvalue weighted by atomic mass is 35.5. The molecule has 0 atom stereocenters.